The Hall–Kier alpha value is -3.53. The van der Waals surface area contributed by atoms with Crippen LogP contribution in [0.25, 0.3) is 16.9 Å². The van der Waals surface area contributed by atoms with Gasteiger partial charge in [-0.15, -0.1) is 0 Å². The Bertz CT molecular complexity index is 1330. The van der Waals surface area contributed by atoms with Gasteiger partial charge in [-0.3, -0.25) is 4.79 Å². The largest absolute Gasteiger partial charge is 0.497 e. The number of hydrogen-bond acceptors (Lipinski definition) is 6. The summed E-state index contributed by atoms with van der Waals surface area (Å²) in [4.78, 5) is 15.5. The van der Waals surface area contributed by atoms with Gasteiger partial charge in [0, 0.05) is 36.0 Å². The maximum atomic E-state index is 14.1. The minimum Gasteiger partial charge on any atom is -0.497 e. The van der Waals surface area contributed by atoms with Gasteiger partial charge >= 0.3 is 6.18 Å². The van der Waals surface area contributed by atoms with E-state index in [0.29, 0.717) is 73.2 Å². The zero-order chi connectivity index (χ0) is 25.4. The molecular weight excluding hydrogens is 475 g/mol. The summed E-state index contributed by atoms with van der Waals surface area (Å²) in [5.41, 5.74) is 1.16. The predicted molar refractivity (Wildman–Crippen MR) is 128 cm³/mol. The molecule has 2 aromatic carbocycles. The normalized spacial score (nSPS) is 15.6. The second-order valence-corrected chi connectivity index (χ2v) is 8.78. The Morgan fingerprint density at radius 3 is 2.25 bits per heavy atom. The van der Waals surface area contributed by atoms with Crippen molar-refractivity contribution in [1.82, 2.24) is 9.78 Å². The van der Waals surface area contributed by atoms with Crippen molar-refractivity contribution in [2.45, 2.75) is 25.4 Å². The summed E-state index contributed by atoms with van der Waals surface area (Å²) >= 11 is 0. The summed E-state index contributed by atoms with van der Waals surface area (Å²) in [6, 6.07) is 9.05. The number of anilines is 1. The van der Waals surface area contributed by atoms with Crippen LogP contribution in [0, 0.1) is 0 Å². The Morgan fingerprint density at radius 2 is 1.61 bits per heavy atom. The molecule has 36 heavy (non-hydrogen) atoms. The molecule has 0 atom stereocenters. The summed E-state index contributed by atoms with van der Waals surface area (Å²) in [6.07, 6.45) is -2.84. The monoisotopic (exact) mass is 501 g/mol. The van der Waals surface area contributed by atoms with Gasteiger partial charge in [-0.1, -0.05) is 0 Å². The number of methoxy groups -OCH3 is 2. The van der Waals surface area contributed by atoms with Crippen molar-refractivity contribution in [1.29, 1.82) is 0 Å². The highest BCUT2D eigenvalue weighted by Gasteiger charge is 2.36. The summed E-state index contributed by atoms with van der Waals surface area (Å²) < 4.78 is 59.4. The average Bonchev–Trinajstić information content (AvgIpc) is 3.39. The zero-order valence-electron chi connectivity index (χ0n) is 20.0. The maximum Gasteiger partial charge on any atom is 0.418 e. The van der Waals surface area contributed by atoms with Crippen LogP contribution in [0.5, 0.6) is 11.5 Å². The fraction of sp³-hybridized carbons (Fsp3) is 0.385. The number of aromatic nitrogens is 2. The molecule has 2 heterocycles. The minimum atomic E-state index is -4.67. The topological polar surface area (TPSA) is 65.8 Å². The molecule has 1 aliphatic carbocycles. The molecule has 2 aliphatic rings. The number of nitrogens with zero attached hydrogens (tertiary/aromatic N) is 3. The lowest BCUT2D eigenvalue weighted by atomic mass is 10.0. The fourth-order valence-electron chi connectivity index (χ4n) is 4.87. The second-order valence-electron chi connectivity index (χ2n) is 8.78. The Labute approximate surface area is 206 Å². The number of morpholine rings is 1. The fourth-order valence-corrected chi connectivity index (χ4v) is 4.87. The molecule has 1 fully saturated rings. The van der Waals surface area contributed by atoms with Crippen molar-refractivity contribution in [2.24, 2.45) is 0 Å². The van der Waals surface area contributed by atoms with Crippen LogP contribution in [-0.2, 0) is 23.8 Å². The maximum absolute atomic E-state index is 14.1. The number of rotatable bonds is 5. The van der Waals surface area contributed by atoms with E-state index in [1.165, 1.54) is 26.4 Å². The molecule has 0 radical (unpaired) electrons. The third-order valence-corrected chi connectivity index (χ3v) is 6.67. The van der Waals surface area contributed by atoms with Gasteiger partial charge in [0.15, 0.2) is 0 Å². The molecule has 3 aromatic rings. The van der Waals surface area contributed by atoms with Crippen molar-refractivity contribution < 1.29 is 27.4 Å². The smallest absolute Gasteiger partial charge is 0.418 e. The highest BCUT2D eigenvalue weighted by molar-refractivity contribution is 5.69. The first-order chi connectivity index (χ1) is 17.3. The van der Waals surface area contributed by atoms with Crippen LogP contribution in [-0.4, -0.2) is 50.3 Å². The van der Waals surface area contributed by atoms with E-state index in [-0.39, 0.29) is 5.69 Å². The quantitative estimate of drug-likeness (QED) is 0.521. The lowest BCUT2D eigenvalue weighted by molar-refractivity contribution is -0.137. The Balaban J connectivity index is 1.75. The van der Waals surface area contributed by atoms with Gasteiger partial charge in [0.2, 0.25) is 0 Å². The standard InChI is InChI=1S/C26H26F3N3O4/c1-34-18-12-16(13-19(15-18)35-2)24-20-4-3-5-21(20)25(33)32(30-24)23-14-17(31-8-10-36-11-9-31)6-7-22(23)26(27,28)29/h6-7,12-15H,3-5,8-11H2,1-2H3. The van der Waals surface area contributed by atoms with E-state index in [2.05, 4.69) is 5.10 Å². The molecule has 0 unspecified atom stereocenters. The molecule has 10 heteroatoms. The van der Waals surface area contributed by atoms with E-state index in [1.54, 1.807) is 18.2 Å². The Kier molecular flexibility index (Phi) is 6.38. The predicted octanol–water partition coefficient (Wildman–Crippen LogP) is 4.26. The van der Waals surface area contributed by atoms with Crippen LogP contribution in [0.3, 0.4) is 0 Å². The highest BCUT2D eigenvalue weighted by Crippen LogP contribution is 2.38. The lowest BCUT2D eigenvalue weighted by Crippen LogP contribution is -2.36. The average molecular weight is 502 g/mol. The van der Waals surface area contributed by atoms with Crippen LogP contribution in [0.2, 0.25) is 0 Å². The van der Waals surface area contributed by atoms with Crippen molar-refractivity contribution in [2.75, 3.05) is 45.4 Å². The molecule has 190 valence electrons. The van der Waals surface area contributed by atoms with E-state index < -0.39 is 17.3 Å². The molecule has 0 N–H and O–H groups in total. The Morgan fingerprint density at radius 1 is 0.944 bits per heavy atom. The molecule has 1 aliphatic heterocycles. The van der Waals surface area contributed by atoms with E-state index in [4.69, 9.17) is 14.2 Å². The first-order valence-corrected chi connectivity index (χ1v) is 11.7. The molecule has 1 saturated heterocycles. The number of benzene rings is 2. The molecular formula is C26H26F3N3O4. The van der Waals surface area contributed by atoms with Gasteiger partial charge in [-0.25, -0.2) is 0 Å². The number of alkyl halides is 3. The summed E-state index contributed by atoms with van der Waals surface area (Å²) in [7, 11) is 3.04. The van der Waals surface area contributed by atoms with Crippen LogP contribution in [0.15, 0.2) is 41.2 Å². The van der Waals surface area contributed by atoms with E-state index in [9.17, 15) is 18.0 Å². The summed E-state index contributed by atoms with van der Waals surface area (Å²) in [5.74, 6) is 1.03. The van der Waals surface area contributed by atoms with Crippen molar-refractivity contribution in [3.05, 3.63) is 63.4 Å². The minimum absolute atomic E-state index is 0.290. The van der Waals surface area contributed by atoms with Crippen molar-refractivity contribution >= 4 is 5.69 Å². The number of hydrogen-bond donors (Lipinski definition) is 0. The van der Waals surface area contributed by atoms with Crippen LogP contribution >= 0.6 is 0 Å². The van der Waals surface area contributed by atoms with Gasteiger partial charge < -0.3 is 19.1 Å². The van der Waals surface area contributed by atoms with Crippen LogP contribution in [0.1, 0.15) is 23.1 Å². The second kappa shape index (κ2) is 9.50. The van der Waals surface area contributed by atoms with Crippen molar-refractivity contribution in [3.8, 4) is 28.4 Å². The first kappa shape index (κ1) is 24.2. The molecule has 0 bridgehead atoms. The van der Waals surface area contributed by atoms with Gasteiger partial charge in [-0.05, 0) is 55.2 Å². The van der Waals surface area contributed by atoms with E-state index in [0.717, 1.165) is 22.7 Å². The van der Waals surface area contributed by atoms with Gasteiger partial charge in [0.25, 0.3) is 5.56 Å². The molecule has 0 saturated carbocycles. The highest BCUT2D eigenvalue weighted by atomic mass is 19.4. The molecule has 0 amide bonds. The molecule has 0 spiro atoms. The van der Waals surface area contributed by atoms with Crippen molar-refractivity contribution in [3.63, 3.8) is 0 Å². The van der Waals surface area contributed by atoms with E-state index in [1.807, 2.05) is 4.90 Å². The molecule has 1 aromatic heterocycles. The summed E-state index contributed by atoms with van der Waals surface area (Å²) in [5, 5.41) is 4.55. The third kappa shape index (κ3) is 4.41. The van der Waals surface area contributed by atoms with Crippen LogP contribution < -0.4 is 19.9 Å². The molecule has 5 rings (SSSR count). The number of fused-ring (bicyclic) bond motifs is 1. The van der Waals surface area contributed by atoms with Gasteiger partial charge in [-0.2, -0.15) is 23.0 Å². The van der Waals surface area contributed by atoms with E-state index >= 15 is 0 Å². The number of ether oxygens (including phenoxy) is 3. The molecule has 7 nitrogen and oxygen atoms in total. The first-order valence-electron chi connectivity index (χ1n) is 11.7. The SMILES string of the molecule is COc1cc(OC)cc(-c2nn(-c3cc(N4CCOCC4)ccc3C(F)(F)F)c(=O)c3c2CCC3)c1. The lowest BCUT2D eigenvalue weighted by Gasteiger charge is -2.29. The summed E-state index contributed by atoms with van der Waals surface area (Å²) in [6.45, 7) is 2.06. The van der Waals surface area contributed by atoms with Crippen LogP contribution in [0.4, 0.5) is 18.9 Å². The van der Waals surface area contributed by atoms with Gasteiger partial charge in [0.1, 0.15) is 11.5 Å². The zero-order valence-corrected chi connectivity index (χ0v) is 20.0. The third-order valence-electron chi connectivity index (χ3n) is 6.67. The number of halogens is 3. The van der Waals surface area contributed by atoms with Gasteiger partial charge in [0.05, 0.1) is 44.4 Å².